The van der Waals surface area contributed by atoms with Crippen LogP contribution in [0.3, 0.4) is 0 Å². The van der Waals surface area contributed by atoms with Crippen LogP contribution in [-0.2, 0) is 39.6 Å². The molecule has 0 unspecified atom stereocenters. The first-order valence-electron chi connectivity index (χ1n) is 11.0. The van der Waals surface area contributed by atoms with E-state index in [-0.39, 0.29) is 32.2 Å². The first kappa shape index (κ1) is 41.2. The van der Waals surface area contributed by atoms with Crippen LogP contribution in [0, 0.1) is 20.8 Å². The number of amides is 2. The molecule has 0 saturated carbocycles. The number of benzene rings is 2. The summed E-state index contributed by atoms with van der Waals surface area (Å²) in [6.45, 7) is 7.36. The summed E-state index contributed by atoms with van der Waals surface area (Å²) in [6.07, 6.45) is 0.796. The average molecular weight is 695 g/mol. The van der Waals surface area contributed by atoms with Crippen molar-refractivity contribution in [3.63, 3.8) is 0 Å². The van der Waals surface area contributed by atoms with Crippen LogP contribution in [0.2, 0.25) is 10.0 Å². The number of aryl methyl sites for hydroxylation is 3. The molecule has 0 atom stereocenters. The summed E-state index contributed by atoms with van der Waals surface area (Å²) >= 11 is 11.4. The first-order chi connectivity index (χ1) is 17.8. The summed E-state index contributed by atoms with van der Waals surface area (Å²) in [4.78, 5) is 61.3. The SMILES string of the molecule is CC(=O)O.CC(=O)O.CN1C(=O)CCC1=O.Cc1cc(Cl)cc(C)c1C(=O)O.Cc1cc(Cl)ccc1C(=O)O.[Pd]. The van der Waals surface area contributed by atoms with E-state index in [2.05, 4.69) is 0 Å². The molecule has 2 aromatic carbocycles. The first-order valence-corrected chi connectivity index (χ1v) is 11.7. The zero-order chi connectivity index (χ0) is 31.0. The number of carboxylic acid groups (broad SMARTS) is 4. The third kappa shape index (κ3) is 18.1. The van der Waals surface area contributed by atoms with Crippen molar-refractivity contribution in [3.8, 4) is 0 Å². The Morgan fingerprint density at radius 3 is 1.30 bits per heavy atom. The maximum atomic E-state index is 10.7. The Morgan fingerprint density at radius 2 is 1.05 bits per heavy atom. The maximum absolute atomic E-state index is 10.7. The van der Waals surface area contributed by atoms with Crippen molar-refractivity contribution in [1.82, 2.24) is 4.90 Å². The average Bonchev–Trinajstić information content (AvgIpc) is 3.03. The molecule has 1 aliphatic rings. The number of likely N-dealkylation sites (tertiary alicyclic amines) is 1. The van der Waals surface area contributed by atoms with Crippen LogP contribution in [-0.4, -0.2) is 68.1 Å². The van der Waals surface area contributed by atoms with Crippen LogP contribution < -0.4 is 0 Å². The van der Waals surface area contributed by atoms with E-state index in [9.17, 15) is 19.2 Å². The Kier molecular flexibility index (Phi) is 21.2. The zero-order valence-electron chi connectivity index (χ0n) is 22.6. The molecule has 0 aliphatic carbocycles. The van der Waals surface area contributed by atoms with E-state index in [1.54, 1.807) is 45.0 Å². The maximum Gasteiger partial charge on any atom is 0.336 e. The molecule has 1 fully saturated rings. The van der Waals surface area contributed by atoms with Gasteiger partial charge in [0.05, 0.1) is 11.1 Å². The van der Waals surface area contributed by atoms with Crippen molar-refractivity contribution in [2.75, 3.05) is 7.05 Å². The van der Waals surface area contributed by atoms with Crippen molar-refractivity contribution < 1.29 is 69.6 Å². The fourth-order valence-electron chi connectivity index (χ4n) is 2.80. The summed E-state index contributed by atoms with van der Waals surface area (Å²) in [6, 6.07) is 8.00. The molecular weight excluding hydrogens is 664 g/mol. The molecule has 1 aliphatic heterocycles. The number of nitrogens with zero attached hydrogens (tertiary/aromatic N) is 1. The van der Waals surface area contributed by atoms with Gasteiger partial charge in [-0.2, -0.15) is 0 Å². The number of halogens is 2. The summed E-state index contributed by atoms with van der Waals surface area (Å²) in [7, 11) is 1.51. The molecule has 0 bridgehead atoms. The zero-order valence-corrected chi connectivity index (χ0v) is 25.6. The Morgan fingerprint density at radius 1 is 0.700 bits per heavy atom. The minimum absolute atomic E-state index is 0. The smallest absolute Gasteiger partial charge is 0.336 e. The predicted molar refractivity (Wildman–Crippen MR) is 145 cm³/mol. The van der Waals surface area contributed by atoms with E-state index in [1.807, 2.05) is 0 Å². The van der Waals surface area contributed by atoms with E-state index < -0.39 is 23.9 Å². The molecule has 2 amide bonds. The van der Waals surface area contributed by atoms with Gasteiger partial charge in [0.25, 0.3) is 11.9 Å². The van der Waals surface area contributed by atoms with Crippen molar-refractivity contribution in [1.29, 1.82) is 0 Å². The Bertz CT molecular complexity index is 1160. The van der Waals surface area contributed by atoms with Gasteiger partial charge in [0.1, 0.15) is 0 Å². The van der Waals surface area contributed by atoms with Crippen LogP contribution in [0.25, 0.3) is 0 Å². The fourth-order valence-corrected chi connectivity index (χ4v) is 3.36. The molecule has 40 heavy (non-hydrogen) atoms. The van der Waals surface area contributed by atoms with Crippen molar-refractivity contribution in [2.24, 2.45) is 0 Å². The number of aromatic carboxylic acids is 2. The van der Waals surface area contributed by atoms with E-state index in [0.717, 1.165) is 13.8 Å². The van der Waals surface area contributed by atoms with Gasteiger partial charge >= 0.3 is 11.9 Å². The monoisotopic (exact) mass is 693 g/mol. The predicted octanol–water partition coefficient (Wildman–Crippen LogP) is 4.95. The molecule has 224 valence electrons. The van der Waals surface area contributed by atoms with Crippen LogP contribution in [0.15, 0.2) is 30.3 Å². The van der Waals surface area contributed by atoms with E-state index in [0.29, 0.717) is 50.7 Å². The van der Waals surface area contributed by atoms with Gasteiger partial charge < -0.3 is 20.4 Å². The van der Waals surface area contributed by atoms with Crippen LogP contribution in [0.1, 0.15) is 64.1 Å². The van der Waals surface area contributed by atoms with E-state index in [1.165, 1.54) is 18.0 Å². The van der Waals surface area contributed by atoms with Crippen molar-refractivity contribution >= 4 is 58.9 Å². The number of carboxylic acids is 4. The van der Waals surface area contributed by atoms with Gasteiger partial charge in [-0.25, -0.2) is 9.59 Å². The van der Waals surface area contributed by atoms with Gasteiger partial charge in [0, 0.05) is 64.2 Å². The largest absolute Gasteiger partial charge is 0.481 e. The second-order valence-electron chi connectivity index (χ2n) is 7.87. The normalized spacial score (nSPS) is 10.9. The summed E-state index contributed by atoms with van der Waals surface area (Å²) < 4.78 is 0. The third-order valence-corrected chi connectivity index (χ3v) is 4.88. The summed E-state index contributed by atoms with van der Waals surface area (Å²) in [5.74, 6) is -3.61. The van der Waals surface area contributed by atoms with Gasteiger partial charge in [0.2, 0.25) is 11.8 Å². The third-order valence-electron chi connectivity index (χ3n) is 4.43. The van der Waals surface area contributed by atoms with Crippen molar-refractivity contribution in [3.05, 3.63) is 68.2 Å². The molecular formula is C26H31Cl2NO10Pd. The number of hydrogen-bond donors (Lipinski definition) is 4. The number of carbonyl (C=O) groups is 6. The molecule has 4 N–H and O–H groups in total. The van der Waals surface area contributed by atoms with Crippen LogP contribution in [0.4, 0.5) is 0 Å². The molecule has 11 nitrogen and oxygen atoms in total. The second kappa shape index (κ2) is 20.6. The molecule has 1 heterocycles. The molecule has 2 aromatic rings. The van der Waals surface area contributed by atoms with E-state index >= 15 is 0 Å². The van der Waals surface area contributed by atoms with Gasteiger partial charge in [-0.15, -0.1) is 0 Å². The number of carbonyl (C=O) groups excluding carboxylic acids is 2. The van der Waals surface area contributed by atoms with Gasteiger partial charge in [-0.3, -0.25) is 24.1 Å². The summed E-state index contributed by atoms with van der Waals surface area (Å²) in [5, 5.41) is 33.4. The number of aliphatic carboxylic acids is 2. The number of imide groups is 1. The standard InChI is InChI=1S/C9H9ClO2.C8H7ClO2.C5H7NO2.2C2H4O2.Pd/c1-5-3-7(10)4-6(2)8(5)9(11)12;1-5-4-6(9)2-3-7(5)8(10)11;1-6-4(7)2-3-5(6)8;2*1-2(3)4;/h3-4H,1-2H3,(H,11,12);2-4H,1H3,(H,10,11);2-3H2,1H3;2*1H3,(H,3,4);. The molecule has 14 heteroatoms. The second-order valence-corrected chi connectivity index (χ2v) is 8.74. The van der Waals surface area contributed by atoms with Crippen molar-refractivity contribution in [2.45, 2.75) is 47.5 Å². The minimum atomic E-state index is -0.917. The van der Waals surface area contributed by atoms with E-state index in [4.69, 9.17) is 53.2 Å². The molecule has 3 rings (SSSR count). The van der Waals surface area contributed by atoms with Crippen LogP contribution in [0.5, 0.6) is 0 Å². The Hall–Kier alpha value is -3.30. The summed E-state index contributed by atoms with van der Waals surface area (Å²) in [5.41, 5.74) is 2.74. The molecule has 0 radical (unpaired) electrons. The van der Waals surface area contributed by atoms with Gasteiger partial charge in [-0.05, 0) is 67.8 Å². The number of rotatable bonds is 2. The number of hydrogen-bond acceptors (Lipinski definition) is 6. The van der Waals surface area contributed by atoms with Gasteiger partial charge in [-0.1, -0.05) is 23.2 Å². The Balaban J connectivity index is -0.000000453. The molecule has 1 saturated heterocycles. The van der Waals surface area contributed by atoms with Gasteiger partial charge in [0.15, 0.2) is 0 Å². The van der Waals surface area contributed by atoms with Crippen LogP contribution >= 0.6 is 23.2 Å². The minimum Gasteiger partial charge on any atom is -0.481 e. The molecule has 0 spiro atoms. The quantitative estimate of drug-likeness (QED) is 0.248. The fraction of sp³-hybridized carbons (Fsp3) is 0.308. The molecule has 0 aromatic heterocycles. The topological polar surface area (TPSA) is 187 Å². The Labute approximate surface area is 255 Å².